The molecule has 0 saturated carbocycles. The molecule has 2 atom stereocenters. The molecule has 1 rings (SSSR count). The second-order valence-electron chi connectivity index (χ2n) is 3.83. The molecule has 0 aliphatic carbocycles. The van der Waals surface area contributed by atoms with Gasteiger partial charge in [0.05, 0.1) is 12.6 Å². The van der Waals surface area contributed by atoms with Crippen LogP contribution in [-0.2, 0) is 17.7 Å². The van der Waals surface area contributed by atoms with E-state index in [0.717, 1.165) is 24.5 Å². The average molecular weight is 211 g/mol. The van der Waals surface area contributed by atoms with E-state index in [1.807, 2.05) is 12.1 Å². The lowest BCUT2D eigenvalue weighted by atomic mass is 10.2. The number of nitrogens with one attached hydrogen (secondary N) is 1. The Kier molecular flexibility index (Phi) is 4.85. The highest BCUT2D eigenvalue weighted by Gasteiger charge is 2.10. The number of hydrogen-bond acceptors (Lipinski definition) is 3. The van der Waals surface area contributed by atoms with Crippen LogP contribution >= 0.6 is 0 Å². The number of furan rings is 1. The minimum atomic E-state index is 0.214. The molecule has 1 N–H and O–H groups in total. The van der Waals surface area contributed by atoms with Gasteiger partial charge in [-0.2, -0.15) is 0 Å². The molecule has 1 aromatic rings. The van der Waals surface area contributed by atoms with E-state index in [1.54, 1.807) is 7.11 Å². The lowest BCUT2D eigenvalue weighted by Crippen LogP contribution is -2.36. The van der Waals surface area contributed by atoms with Gasteiger partial charge in [0, 0.05) is 19.6 Å². The summed E-state index contributed by atoms with van der Waals surface area (Å²) < 4.78 is 10.8. The maximum atomic E-state index is 5.59. The topological polar surface area (TPSA) is 34.4 Å². The van der Waals surface area contributed by atoms with Crippen molar-refractivity contribution in [1.82, 2.24) is 5.32 Å². The average Bonchev–Trinajstić information content (AvgIpc) is 2.72. The summed E-state index contributed by atoms with van der Waals surface area (Å²) in [6.07, 6.45) is 1.16. The summed E-state index contributed by atoms with van der Waals surface area (Å²) >= 11 is 0. The third-order valence-electron chi connectivity index (χ3n) is 2.74. The lowest BCUT2D eigenvalue weighted by Gasteiger charge is -2.19. The maximum absolute atomic E-state index is 5.59. The van der Waals surface area contributed by atoms with Gasteiger partial charge in [-0.25, -0.2) is 0 Å². The second-order valence-corrected chi connectivity index (χ2v) is 3.83. The monoisotopic (exact) mass is 211 g/mol. The van der Waals surface area contributed by atoms with Gasteiger partial charge in [0.1, 0.15) is 11.5 Å². The molecule has 15 heavy (non-hydrogen) atoms. The standard InChI is InChI=1S/C12H21NO2/c1-5-11-6-7-12(15-11)8-13-9(2)10(3)14-4/h6-7,9-10,13H,5,8H2,1-4H3/t9-,10?/m0/s1. The van der Waals surface area contributed by atoms with Gasteiger partial charge in [-0.1, -0.05) is 6.92 Å². The zero-order valence-corrected chi connectivity index (χ0v) is 10.0. The minimum absolute atomic E-state index is 0.214. The highest BCUT2D eigenvalue weighted by atomic mass is 16.5. The summed E-state index contributed by atoms with van der Waals surface area (Å²) in [5.41, 5.74) is 0. The number of ether oxygens (including phenoxy) is 1. The summed E-state index contributed by atoms with van der Waals surface area (Å²) in [6, 6.07) is 4.38. The molecule has 3 heteroatoms. The molecule has 0 fully saturated rings. The summed E-state index contributed by atoms with van der Waals surface area (Å²) in [4.78, 5) is 0. The number of hydrogen-bond donors (Lipinski definition) is 1. The van der Waals surface area contributed by atoms with Crippen molar-refractivity contribution in [2.45, 2.75) is 45.9 Å². The van der Waals surface area contributed by atoms with Crippen molar-refractivity contribution in [3.05, 3.63) is 23.7 Å². The zero-order chi connectivity index (χ0) is 11.3. The molecular formula is C12H21NO2. The molecule has 1 unspecified atom stereocenters. The van der Waals surface area contributed by atoms with Crippen LogP contribution in [0.4, 0.5) is 0 Å². The third-order valence-corrected chi connectivity index (χ3v) is 2.74. The summed E-state index contributed by atoms with van der Waals surface area (Å²) in [5.74, 6) is 2.03. The van der Waals surface area contributed by atoms with Crippen molar-refractivity contribution in [3.63, 3.8) is 0 Å². The van der Waals surface area contributed by atoms with E-state index in [2.05, 4.69) is 26.1 Å². The first-order valence-electron chi connectivity index (χ1n) is 5.51. The van der Waals surface area contributed by atoms with Gasteiger partial charge >= 0.3 is 0 Å². The van der Waals surface area contributed by atoms with Crippen LogP contribution < -0.4 is 5.32 Å². The Balaban J connectivity index is 2.36. The third kappa shape index (κ3) is 3.68. The molecule has 0 saturated heterocycles. The van der Waals surface area contributed by atoms with Crippen molar-refractivity contribution in [3.8, 4) is 0 Å². The van der Waals surface area contributed by atoms with Crippen LogP contribution in [0, 0.1) is 0 Å². The molecule has 0 aromatic carbocycles. The largest absolute Gasteiger partial charge is 0.465 e. The van der Waals surface area contributed by atoms with Crippen molar-refractivity contribution >= 4 is 0 Å². The van der Waals surface area contributed by atoms with E-state index in [4.69, 9.17) is 9.15 Å². The first-order valence-corrected chi connectivity index (χ1v) is 5.51. The number of rotatable bonds is 6. The smallest absolute Gasteiger partial charge is 0.117 e. The molecule has 3 nitrogen and oxygen atoms in total. The van der Waals surface area contributed by atoms with Gasteiger partial charge in [0.2, 0.25) is 0 Å². The Morgan fingerprint density at radius 1 is 1.33 bits per heavy atom. The summed E-state index contributed by atoms with van der Waals surface area (Å²) in [5, 5.41) is 3.37. The molecule has 0 bridgehead atoms. The Bertz CT molecular complexity index is 283. The second kappa shape index (κ2) is 5.93. The van der Waals surface area contributed by atoms with Crippen LogP contribution in [0.1, 0.15) is 32.3 Å². The molecule has 1 heterocycles. The molecule has 0 spiro atoms. The molecule has 0 amide bonds. The van der Waals surface area contributed by atoms with Crippen molar-refractivity contribution in [2.24, 2.45) is 0 Å². The van der Waals surface area contributed by atoms with E-state index in [-0.39, 0.29) is 6.10 Å². The molecule has 86 valence electrons. The molecule has 0 aliphatic rings. The fourth-order valence-corrected chi connectivity index (χ4v) is 1.34. The van der Waals surface area contributed by atoms with Crippen molar-refractivity contribution < 1.29 is 9.15 Å². The van der Waals surface area contributed by atoms with Crippen LogP contribution in [-0.4, -0.2) is 19.3 Å². The van der Waals surface area contributed by atoms with E-state index < -0.39 is 0 Å². The lowest BCUT2D eigenvalue weighted by molar-refractivity contribution is 0.0875. The van der Waals surface area contributed by atoms with Crippen molar-refractivity contribution in [1.29, 1.82) is 0 Å². The van der Waals surface area contributed by atoms with Gasteiger partial charge in [0.25, 0.3) is 0 Å². The predicted molar refractivity (Wildman–Crippen MR) is 60.9 cm³/mol. The number of methoxy groups -OCH3 is 1. The molecule has 0 aliphatic heterocycles. The van der Waals surface area contributed by atoms with Crippen molar-refractivity contribution in [2.75, 3.05) is 7.11 Å². The first kappa shape index (κ1) is 12.3. The van der Waals surface area contributed by atoms with Gasteiger partial charge in [-0.3, -0.25) is 0 Å². The molecule has 0 radical (unpaired) electrons. The Labute approximate surface area is 91.8 Å². The van der Waals surface area contributed by atoms with Gasteiger partial charge in [-0.05, 0) is 26.0 Å². The Morgan fingerprint density at radius 3 is 2.53 bits per heavy atom. The zero-order valence-electron chi connectivity index (χ0n) is 10.0. The van der Waals surface area contributed by atoms with Crippen LogP contribution in [0.3, 0.4) is 0 Å². The summed E-state index contributed by atoms with van der Waals surface area (Å²) in [7, 11) is 1.73. The normalized spacial score (nSPS) is 15.2. The van der Waals surface area contributed by atoms with Crippen LogP contribution in [0.5, 0.6) is 0 Å². The first-order chi connectivity index (χ1) is 7.17. The Hall–Kier alpha value is -0.800. The SMILES string of the molecule is CCc1ccc(CN[C@@H](C)C(C)OC)o1. The summed E-state index contributed by atoms with van der Waals surface area (Å²) in [6.45, 7) is 7.01. The van der Waals surface area contributed by atoms with E-state index in [0.29, 0.717) is 6.04 Å². The highest BCUT2D eigenvalue weighted by molar-refractivity contribution is 5.06. The number of aryl methyl sites for hydroxylation is 1. The Morgan fingerprint density at radius 2 is 2.00 bits per heavy atom. The van der Waals surface area contributed by atoms with E-state index >= 15 is 0 Å². The maximum Gasteiger partial charge on any atom is 0.117 e. The molecule has 1 aromatic heterocycles. The minimum Gasteiger partial charge on any atom is -0.465 e. The van der Waals surface area contributed by atoms with E-state index in [9.17, 15) is 0 Å². The van der Waals surface area contributed by atoms with Gasteiger partial charge in [0.15, 0.2) is 0 Å². The van der Waals surface area contributed by atoms with E-state index in [1.165, 1.54) is 0 Å². The fraction of sp³-hybridized carbons (Fsp3) is 0.667. The van der Waals surface area contributed by atoms with Gasteiger partial charge < -0.3 is 14.5 Å². The quantitative estimate of drug-likeness (QED) is 0.784. The fourth-order valence-electron chi connectivity index (χ4n) is 1.34. The van der Waals surface area contributed by atoms with Crippen LogP contribution in [0.2, 0.25) is 0 Å². The van der Waals surface area contributed by atoms with Crippen LogP contribution in [0.25, 0.3) is 0 Å². The van der Waals surface area contributed by atoms with Crippen LogP contribution in [0.15, 0.2) is 16.5 Å². The molecular weight excluding hydrogens is 190 g/mol. The predicted octanol–water partition coefficient (Wildman–Crippen LogP) is 2.36. The highest BCUT2D eigenvalue weighted by Crippen LogP contribution is 2.08. The van der Waals surface area contributed by atoms with Gasteiger partial charge in [-0.15, -0.1) is 0 Å².